The van der Waals surface area contributed by atoms with Gasteiger partial charge in [0.15, 0.2) is 0 Å². The van der Waals surface area contributed by atoms with E-state index < -0.39 is 0 Å². The number of anilines is 2. The van der Waals surface area contributed by atoms with Crippen LogP contribution in [0.5, 0.6) is 0 Å². The summed E-state index contributed by atoms with van der Waals surface area (Å²) in [4.78, 5) is 26.6. The molecule has 0 unspecified atom stereocenters. The minimum absolute atomic E-state index is 0.0287. The Morgan fingerprint density at radius 1 is 0.960 bits per heavy atom. The van der Waals surface area contributed by atoms with Crippen molar-refractivity contribution >= 4 is 23.3 Å². The number of urea groups is 1. The van der Waals surface area contributed by atoms with Crippen LogP contribution < -0.4 is 10.6 Å². The van der Waals surface area contributed by atoms with Gasteiger partial charge in [0.25, 0.3) is 0 Å². The van der Waals surface area contributed by atoms with Gasteiger partial charge in [0.05, 0.1) is 5.92 Å². The molecule has 3 amide bonds. The van der Waals surface area contributed by atoms with Gasteiger partial charge in [-0.15, -0.1) is 0 Å². The first-order chi connectivity index (χ1) is 12.1. The molecule has 5 nitrogen and oxygen atoms in total. The van der Waals surface area contributed by atoms with E-state index in [1.54, 1.807) is 4.90 Å². The zero-order valence-corrected chi connectivity index (χ0v) is 14.4. The van der Waals surface area contributed by atoms with Gasteiger partial charge in [-0.3, -0.25) is 4.79 Å². The van der Waals surface area contributed by atoms with Crippen LogP contribution >= 0.6 is 0 Å². The second-order valence-electron chi connectivity index (χ2n) is 6.44. The summed E-state index contributed by atoms with van der Waals surface area (Å²) >= 11 is 0. The van der Waals surface area contributed by atoms with Gasteiger partial charge < -0.3 is 15.5 Å². The van der Waals surface area contributed by atoms with E-state index in [1.807, 2.05) is 61.5 Å². The van der Waals surface area contributed by atoms with Crippen LogP contribution in [-0.4, -0.2) is 29.9 Å². The Balaban J connectivity index is 1.57. The molecule has 1 atom stereocenters. The van der Waals surface area contributed by atoms with Crippen molar-refractivity contribution in [1.82, 2.24) is 4.90 Å². The van der Waals surface area contributed by atoms with Crippen LogP contribution in [0.25, 0.3) is 0 Å². The van der Waals surface area contributed by atoms with Gasteiger partial charge in [0, 0.05) is 24.5 Å². The molecule has 5 heteroatoms. The second kappa shape index (κ2) is 7.83. The normalized spacial score (nSPS) is 17.0. The number of rotatable bonds is 3. The van der Waals surface area contributed by atoms with Gasteiger partial charge in [-0.25, -0.2) is 4.79 Å². The quantitative estimate of drug-likeness (QED) is 0.893. The monoisotopic (exact) mass is 337 g/mol. The van der Waals surface area contributed by atoms with E-state index in [-0.39, 0.29) is 17.9 Å². The SMILES string of the molecule is Cc1ccc(NC(=O)N2CCC[C@@H](C(=O)Nc3ccccc3)C2)cc1. The van der Waals surface area contributed by atoms with E-state index in [1.165, 1.54) is 0 Å². The zero-order chi connectivity index (χ0) is 17.6. The first-order valence-corrected chi connectivity index (χ1v) is 8.60. The third-order valence-electron chi connectivity index (χ3n) is 4.42. The van der Waals surface area contributed by atoms with Crippen LogP contribution in [0.4, 0.5) is 16.2 Å². The lowest BCUT2D eigenvalue weighted by Crippen LogP contribution is -2.45. The highest BCUT2D eigenvalue weighted by molar-refractivity contribution is 5.94. The number of benzene rings is 2. The average Bonchev–Trinajstić information content (AvgIpc) is 2.64. The molecule has 2 N–H and O–H groups in total. The Morgan fingerprint density at radius 3 is 2.36 bits per heavy atom. The largest absolute Gasteiger partial charge is 0.326 e. The molecule has 1 heterocycles. The predicted molar refractivity (Wildman–Crippen MR) is 99.6 cm³/mol. The van der Waals surface area contributed by atoms with Gasteiger partial charge in [0.1, 0.15) is 0 Å². The molecule has 0 spiro atoms. The van der Waals surface area contributed by atoms with Gasteiger partial charge in [-0.05, 0) is 44.0 Å². The molecule has 0 radical (unpaired) electrons. The third kappa shape index (κ3) is 4.59. The highest BCUT2D eigenvalue weighted by Crippen LogP contribution is 2.20. The summed E-state index contributed by atoms with van der Waals surface area (Å²) in [5.74, 6) is -0.211. The molecule has 25 heavy (non-hydrogen) atoms. The summed E-state index contributed by atoms with van der Waals surface area (Å²) in [6.45, 7) is 3.12. The molecular formula is C20H23N3O2. The first kappa shape index (κ1) is 17.0. The van der Waals surface area contributed by atoms with E-state index in [2.05, 4.69) is 10.6 Å². The molecule has 0 saturated carbocycles. The Bertz CT molecular complexity index is 728. The molecule has 3 rings (SSSR count). The van der Waals surface area contributed by atoms with Crippen molar-refractivity contribution in [1.29, 1.82) is 0 Å². The Hall–Kier alpha value is -2.82. The minimum Gasteiger partial charge on any atom is -0.326 e. The van der Waals surface area contributed by atoms with Crippen molar-refractivity contribution in [2.24, 2.45) is 5.92 Å². The highest BCUT2D eigenvalue weighted by atomic mass is 16.2. The average molecular weight is 337 g/mol. The molecule has 0 bridgehead atoms. The van der Waals surface area contributed by atoms with Crippen molar-refractivity contribution in [2.75, 3.05) is 23.7 Å². The summed E-state index contributed by atoms with van der Waals surface area (Å²) in [5, 5.41) is 5.83. The highest BCUT2D eigenvalue weighted by Gasteiger charge is 2.28. The number of aryl methyl sites for hydroxylation is 1. The number of para-hydroxylation sites is 1. The van der Waals surface area contributed by atoms with Crippen LogP contribution in [0.2, 0.25) is 0 Å². The molecule has 1 fully saturated rings. The van der Waals surface area contributed by atoms with Crippen molar-refractivity contribution < 1.29 is 9.59 Å². The van der Waals surface area contributed by atoms with E-state index in [0.717, 1.165) is 29.8 Å². The molecule has 1 aliphatic heterocycles. The number of amides is 3. The standard InChI is InChI=1S/C20H23N3O2/c1-15-9-11-18(12-10-15)22-20(25)23-13-5-6-16(14-23)19(24)21-17-7-3-2-4-8-17/h2-4,7-12,16H,5-6,13-14H2,1H3,(H,21,24)(H,22,25)/t16-/m1/s1. The number of hydrogen-bond acceptors (Lipinski definition) is 2. The molecule has 1 aliphatic rings. The predicted octanol–water partition coefficient (Wildman–Crippen LogP) is 3.88. The smallest absolute Gasteiger partial charge is 0.321 e. The maximum atomic E-state index is 12.5. The molecule has 0 aromatic heterocycles. The molecule has 2 aromatic rings. The Labute approximate surface area is 148 Å². The fraction of sp³-hybridized carbons (Fsp3) is 0.300. The van der Waals surface area contributed by atoms with Gasteiger partial charge >= 0.3 is 6.03 Å². The van der Waals surface area contributed by atoms with E-state index in [0.29, 0.717) is 13.1 Å². The number of piperidine rings is 1. The van der Waals surface area contributed by atoms with E-state index in [9.17, 15) is 9.59 Å². The van der Waals surface area contributed by atoms with E-state index >= 15 is 0 Å². The summed E-state index contributed by atoms with van der Waals surface area (Å²) in [7, 11) is 0. The molecular weight excluding hydrogens is 314 g/mol. The van der Waals surface area contributed by atoms with Crippen LogP contribution in [0.3, 0.4) is 0 Å². The van der Waals surface area contributed by atoms with Crippen molar-refractivity contribution in [2.45, 2.75) is 19.8 Å². The Kier molecular flexibility index (Phi) is 5.33. The number of nitrogens with one attached hydrogen (secondary N) is 2. The van der Waals surface area contributed by atoms with Gasteiger partial charge in [0.2, 0.25) is 5.91 Å². The van der Waals surface area contributed by atoms with E-state index in [4.69, 9.17) is 0 Å². The van der Waals surface area contributed by atoms with Crippen molar-refractivity contribution in [3.8, 4) is 0 Å². The van der Waals surface area contributed by atoms with Gasteiger partial charge in [-0.1, -0.05) is 35.9 Å². The lowest BCUT2D eigenvalue weighted by atomic mass is 9.97. The summed E-state index contributed by atoms with van der Waals surface area (Å²) in [6, 6.07) is 17.0. The fourth-order valence-corrected chi connectivity index (χ4v) is 2.98. The molecule has 2 aromatic carbocycles. The van der Waals surface area contributed by atoms with Crippen LogP contribution in [0.15, 0.2) is 54.6 Å². The number of hydrogen-bond donors (Lipinski definition) is 2. The summed E-state index contributed by atoms with van der Waals surface area (Å²) in [5.41, 5.74) is 2.70. The fourth-order valence-electron chi connectivity index (χ4n) is 2.98. The van der Waals surface area contributed by atoms with Crippen molar-refractivity contribution in [3.63, 3.8) is 0 Å². The van der Waals surface area contributed by atoms with Crippen LogP contribution in [0.1, 0.15) is 18.4 Å². The molecule has 0 aliphatic carbocycles. The maximum Gasteiger partial charge on any atom is 0.321 e. The number of carbonyl (C=O) groups is 2. The van der Waals surface area contributed by atoms with Crippen LogP contribution in [-0.2, 0) is 4.79 Å². The lowest BCUT2D eigenvalue weighted by Gasteiger charge is -2.32. The second-order valence-corrected chi connectivity index (χ2v) is 6.44. The maximum absolute atomic E-state index is 12.5. The molecule has 1 saturated heterocycles. The number of carbonyl (C=O) groups excluding carboxylic acids is 2. The van der Waals surface area contributed by atoms with Crippen molar-refractivity contribution in [3.05, 3.63) is 60.2 Å². The summed E-state index contributed by atoms with van der Waals surface area (Å²) < 4.78 is 0. The number of likely N-dealkylation sites (tertiary alicyclic amines) is 1. The van der Waals surface area contributed by atoms with Gasteiger partial charge in [-0.2, -0.15) is 0 Å². The minimum atomic E-state index is -0.183. The zero-order valence-electron chi connectivity index (χ0n) is 14.4. The first-order valence-electron chi connectivity index (χ1n) is 8.60. The number of nitrogens with zero attached hydrogens (tertiary/aromatic N) is 1. The third-order valence-corrected chi connectivity index (χ3v) is 4.42. The Morgan fingerprint density at radius 2 is 1.64 bits per heavy atom. The van der Waals surface area contributed by atoms with Crippen LogP contribution in [0, 0.1) is 12.8 Å². The lowest BCUT2D eigenvalue weighted by molar-refractivity contribution is -0.121. The summed E-state index contributed by atoms with van der Waals surface area (Å²) in [6.07, 6.45) is 1.63. The molecule has 130 valence electrons. The topological polar surface area (TPSA) is 61.4 Å².